The third-order valence-corrected chi connectivity index (χ3v) is 10.1. The van der Waals surface area contributed by atoms with E-state index in [1.54, 1.807) is 24.6 Å². The average Bonchev–Trinajstić information content (AvgIpc) is 3.51. The Balaban J connectivity index is 1.58. The number of sulfone groups is 1. The molecule has 1 aliphatic carbocycles. The largest absolute Gasteiger partial charge is 0.377 e. The second kappa shape index (κ2) is 9.17. The number of urea groups is 1. The van der Waals surface area contributed by atoms with E-state index in [0.717, 1.165) is 16.9 Å². The number of amides is 2. The number of thiazole rings is 1. The van der Waals surface area contributed by atoms with Gasteiger partial charge in [0.2, 0.25) is 14.2 Å². The topological polar surface area (TPSA) is 126 Å². The van der Waals surface area contributed by atoms with Gasteiger partial charge in [0.05, 0.1) is 24.9 Å². The van der Waals surface area contributed by atoms with E-state index in [0.29, 0.717) is 55.6 Å². The Kier molecular flexibility index (Phi) is 6.20. The van der Waals surface area contributed by atoms with Gasteiger partial charge in [0, 0.05) is 42.5 Å². The lowest BCUT2D eigenvalue weighted by molar-refractivity contribution is 0.0985. The Morgan fingerprint density at radius 3 is 2.63 bits per heavy atom. The molecule has 0 bridgehead atoms. The van der Waals surface area contributed by atoms with Gasteiger partial charge in [-0.1, -0.05) is 0 Å². The van der Waals surface area contributed by atoms with Crippen molar-refractivity contribution in [2.75, 3.05) is 37.0 Å². The van der Waals surface area contributed by atoms with Crippen molar-refractivity contribution in [1.29, 1.82) is 0 Å². The van der Waals surface area contributed by atoms with Crippen LogP contribution in [-0.2, 0) is 19.3 Å². The SMILES string of the molecule is CNC(=O)Nc1ccc(-c2nc(N3CCOC[C@@H]3C)cc(C3(S(=O)(=O)c4nccs4)CC3)n2)cc1. The molecular weight excluding hydrogens is 488 g/mol. The van der Waals surface area contributed by atoms with Gasteiger partial charge in [0.15, 0.2) is 5.82 Å². The summed E-state index contributed by atoms with van der Waals surface area (Å²) in [6.07, 6.45) is 2.48. The summed E-state index contributed by atoms with van der Waals surface area (Å²) in [6, 6.07) is 8.72. The van der Waals surface area contributed by atoms with Crippen LogP contribution in [0.2, 0.25) is 0 Å². The number of morpholine rings is 1. The van der Waals surface area contributed by atoms with Crippen LogP contribution in [0, 0.1) is 0 Å². The van der Waals surface area contributed by atoms with Crippen LogP contribution in [0.5, 0.6) is 0 Å². The minimum absolute atomic E-state index is 0.0872. The summed E-state index contributed by atoms with van der Waals surface area (Å²) in [6.45, 7) is 3.84. The van der Waals surface area contributed by atoms with Crippen molar-refractivity contribution in [1.82, 2.24) is 20.3 Å². The first-order chi connectivity index (χ1) is 16.8. The third-order valence-electron chi connectivity index (χ3n) is 6.33. The molecule has 1 aromatic carbocycles. The van der Waals surface area contributed by atoms with Crippen LogP contribution in [0.3, 0.4) is 0 Å². The molecule has 35 heavy (non-hydrogen) atoms. The van der Waals surface area contributed by atoms with Gasteiger partial charge in [-0.2, -0.15) is 0 Å². The fraction of sp³-hybridized carbons (Fsp3) is 0.391. The number of carbonyl (C=O) groups excluding carboxylic acids is 1. The number of anilines is 2. The molecule has 1 atom stereocenters. The highest BCUT2D eigenvalue weighted by Gasteiger charge is 2.59. The number of nitrogens with one attached hydrogen (secondary N) is 2. The van der Waals surface area contributed by atoms with Crippen molar-refractivity contribution in [3.8, 4) is 11.4 Å². The molecule has 5 rings (SSSR count). The van der Waals surface area contributed by atoms with Gasteiger partial charge in [-0.25, -0.2) is 28.2 Å². The smallest absolute Gasteiger partial charge is 0.318 e. The Morgan fingerprint density at radius 2 is 2.00 bits per heavy atom. The highest BCUT2D eigenvalue weighted by Crippen LogP contribution is 2.55. The second-order valence-electron chi connectivity index (χ2n) is 8.63. The molecule has 1 saturated heterocycles. The molecule has 1 aliphatic heterocycles. The van der Waals surface area contributed by atoms with E-state index in [9.17, 15) is 13.2 Å². The number of hydrogen-bond donors (Lipinski definition) is 2. The normalized spacial score (nSPS) is 19.3. The van der Waals surface area contributed by atoms with Crippen molar-refractivity contribution in [3.05, 3.63) is 47.6 Å². The number of nitrogens with zero attached hydrogens (tertiary/aromatic N) is 4. The van der Waals surface area contributed by atoms with Crippen LogP contribution in [0.1, 0.15) is 25.5 Å². The van der Waals surface area contributed by atoms with E-state index in [1.807, 2.05) is 18.2 Å². The summed E-state index contributed by atoms with van der Waals surface area (Å²) in [7, 11) is -2.15. The van der Waals surface area contributed by atoms with Crippen molar-refractivity contribution < 1.29 is 17.9 Å². The minimum atomic E-state index is -3.70. The molecule has 0 radical (unpaired) electrons. The van der Waals surface area contributed by atoms with Gasteiger partial charge >= 0.3 is 6.03 Å². The van der Waals surface area contributed by atoms with E-state index < -0.39 is 14.6 Å². The zero-order chi connectivity index (χ0) is 24.6. The molecular formula is C23H26N6O4S2. The van der Waals surface area contributed by atoms with Crippen LogP contribution >= 0.6 is 11.3 Å². The summed E-state index contributed by atoms with van der Waals surface area (Å²) in [4.78, 5) is 27.4. The molecule has 10 nitrogen and oxygen atoms in total. The summed E-state index contributed by atoms with van der Waals surface area (Å²) >= 11 is 1.12. The number of aromatic nitrogens is 3. The predicted octanol–water partition coefficient (Wildman–Crippen LogP) is 3.04. The molecule has 2 N–H and O–H groups in total. The maximum atomic E-state index is 13.6. The fourth-order valence-electron chi connectivity index (χ4n) is 4.19. The van der Waals surface area contributed by atoms with Gasteiger partial charge in [0.25, 0.3) is 0 Å². The summed E-state index contributed by atoms with van der Waals surface area (Å²) in [5.41, 5.74) is 1.83. The van der Waals surface area contributed by atoms with Gasteiger partial charge in [0.1, 0.15) is 10.6 Å². The molecule has 2 amide bonds. The molecule has 12 heteroatoms. The van der Waals surface area contributed by atoms with Gasteiger partial charge in [-0.15, -0.1) is 11.3 Å². The maximum Gasteiger partial charge on any atom is 0.318 e. The maximum absolute atomic E-state index is 13.6. The first-order valence-corrected chi connectivity index (χ1v) is 13.7. The lowest BCUT2D eigenvalue weighted by Gasteiger charge is -2.34. The summed E-state index contributed by atoms with van der Waals surface area (Å²) < 4.78 is 31.7. The number of rotatable bonds is 6. The van der Waals surface area contributed by atoms with Crippen LogP contribution in [0.25, 0.3) is 11.4 Å². The highest BCUT2D eigenvalue weighted by molar-refractivity contribution is 7.94. The Labute approximate surface area is 207 Å². The van der Waals surface area contributed by atoms with Crippen molar-refractivity contribution in [2.45, 2.75) is 34.9 Å². The fourth-order valence-corrected chi connectivity index (χ4v) is 7.26. The minimum Gasteiger partial charge on any atom is -0.377 e. The van der Waals surface area contributed by atoms with Crippen molar-refractivity contribution >= 4 is 38.7 Å². The van der Waals surface area contributed by atoms with E-state index >= 15 is 0 Å². The first kappa shape index (κ1) is 23.6. The van der Waals surface area contributed by atoms with Gasteiger partial charge < -0.3 is 20.3 Å². The first-order valence-electron chi connectivity index (χ1n) is 11.3. The molecule has 0 unspecified atom stereocenters. The number of benzene rings is 1. The Hall–Kier alpha value is -3.09. The monoisotopic (exact) mass is 514 g/mol. The molecule has 3 aromatic rings. The lowest BCUT2D eigenvalue weighted by atomic mass is 10.1. The van der Waals surface area contributed by atoms with Crippen molar-refractivity contribution in [2.24, 2.45) is 0 Å². The lowest BCUT2D eigenvalue weighted by Crippen LogP contribution is -2.44. The Morgan fingerprint density at radius 1 is 1.23 bits per heavy atom. The van der Waals surface area contributed by atoms with Crippen LogP contribution in [0.15, 0.2) is 46.2 Å². The quantitative estimate of drug-likeness (QED) is 0.514. The molecule has 2 fully saturated rings. The molecule has 3 heterocycles. The molecule has 2 aliphatic rings. The molecule has 0 spiro atoms. The highest BCUT2D eigenvalue weighted by atomic mass is 32.2. The molecule has 184 valence electrons. The van der Waals surface area contributed by atoms with E-state index in [1.165, 1.54) is 6.20 Å². The van der Waals surface area contributed by atoms with E-state index in [4.69, 9.17) is 14.7 Å². The number of hydrogen-bond acceptors (Lipinski definition) is 9. The van der Waals surface area contributed by atoms with Gasteiger partial charge in [-0.3, -0.25) is 0 Å². The Bertz CT molecular complexity index is 1320. The predicted molar refractivity (Wildman–Crippen MR) is 133 cm³/mol. The van der Waals surface area contributed by atoms with E-state index in [2.05, 4.69) is 27.4 Å². The zero-order valence-electron chi connectivity index (χ0n) is 19.4. The standard InChI is InChI=1S/C23H26N6O4S2/c1-15-14-33-11-10-29(15)19-13-18(23(7-8-23)35(31,32)22-25-9-12-34-22)27-20(28-19)16-3-5-17(6-4-16)26-21(30)24-2/h3-6,9,12-13,15H,7-8,10-11,14H2,1-2H3,(H2,24,26,30)/t15-/m0/s1. The van der Waals surface area contributed by atoms with E-state index in [-0.39, 0.29) is 16.4 Å². The van der Waals surface area contributed by atoms with Crippen LogP contribution < -0.4 is 15.5 Å². The third kappa shape index (κ3) is 4.37. The second-order valence-corrected chi connectivity index (χ2v) is 12.0. The summed E-state index contributed by atoms with van der Waals surface area (Å²) in [5, 5.41) is 6.91. The summed E-state index contributed by atoms with van der Waals surface area (Å²) in [5.74, 6) is 1.11. The van der Waals surface area contributed by atoms with Crippen LogP contribution in [-0.4, -0.2) is 62.2 Å². The molecule has 2 aromatic heterocycles. The number of carbonyl (C=O) groups is 1. The number of ether oxygens (including phenoxy) is 1. The van der Waals surface area contributed by atoms with Crippen LogP contribution in [0.4, 0.5) is 16.3 Å². The van der Waals surface area contributed by atoms with Crippen molar-refractivity contribution in [3.63, 3.8) is 0 Å². The van der Waals surface area contributed by atoms with Gasteiger partial charge in [-0.05, 0) is 44.0 Å². The average molecular weight is 515 g/mol. The molecule has 1 saturated carbocycles. The zero-order valence-corrected chi connectivity index (χ0v) is 21.0.